The third-order valence-electron chi connectivity index (χ3n) is 7.59. The lowest BCUT2D eigenvalue weighted by molar-refractivity contribution is 0.0733. The highest BCUT2D eigenvalue weighted by Gasteiger charge is 2.36. The first-order valence-electron chi connectivity index (χ1n) is 13.0. The van der Waals surface area contributed by atoms with Crippen molar-refractivity contribution in [3.8, 4) is 23.0 Å². The number of methoxy groups -OCH3 is 3. The largest absolute Gasteiger partial charge is 0.493 e. The second-order valence-electron chi connectivity index (χ2n) is 10.9. The van der Waals surface area contributed by atoms with Crippen LogP contribution in [0.3, 0.4) is 0 Å². The van der Waals surface area contributed by atoms with Crippen LogP contribution in [-0.2, 0) is 12.8 Å². The maximum absolute atomic E-state index is 13.2. The molecule has 2 aliphatic rings. The zero-order valence-corrected chi connectivity index (χ0v) is 23.9. The molecular weight excluding hydrogens is 516 g/mol. The minimum absolute atomic E-state index is 0.0432. The van der Waals surface area contributed by atoms with Gasteiger partial charge in [0, 0.05) is 4.88 Å². The first-order chi connectivity index (χ1) is 18.6. The van der Waals surface area contributed by atoms with E-state index in [0.717, 1.165) is 35.4 Å². The molecule has 206 valence electrons. The molecule has 0 radical (unpaired) electrons. The van der Waals surface area contributed by atoms with E-state index in [-0.39, 0.29) is 23.1 Å². The fraction of sp³-hybridized carbons (Fsp3) is 0.400. The Morgan fingerprint density at radius 3 is 2.23 bits per heavy atom. The molecule has 2 atom stereocenters. The number of benzene rings is 2. The van der Waals surface area contributed by atoms with Gasteiger partial charge < -0.3 is 29.6 Å². The summed E-state index contributed by atoms with van der Waals surface area (Å²) < 4.78 is 21.6. The van der Waals surface area contributed by atoms with Gasteiger partial charge in [0.25, 0.3) is 5.91 Å². The van der Waals surface area contributed by atoms with Crippen molar-refractivity contribution in [1.82, 2.24) is 5.32 Å². The smallest absolute Gasteiger partial charge is 0.343 e. The van der Waals surface area contributed by atoms with Crippen LogP contribution in [0.5, 0.6) is 23.0 Å². The first kappa shape index (κ1) is 26.9. The van der Waals surface area contributed by atoms with Crippen LogP contribution in [0.1, 0.15) is 70.1 Å². The van der Waals surface area contributed by atoms with Crippen LogP contribution in [0.4, 0.5) is 5.00 Å². The van der Waals surface area contributed by atoms with E-state index in [4.69, 9.17) is 18.9 Å². The molecule has 2 N–H and O–H groups in total. The van der Waals surface area contributed by atoms with Crippen LogP contribution < -0.4 is 29.6 Å². The van der Waals surface area contributed by atoms with E-state index in [2.05, 4.69) is 31.4 Å². The number of carbonyl (C=O) groups excluding carboxylic acids is 2. The number of ether oxygens (including phenoxy) is 4. The van der Waals surface area contributed by atoms with Crippen molar-refractivity contribution in [2.45, 2.75) is 46.2 Å². The summed E-state index contributed by atoms with van der Waals surface area (Å²) in [4.78, 5) is 27.3. The summed E-state index contributed by atoms with van der Waals surface area (Å²) in [5.41, 5.74) is 3.37. The number of hydrogen-bond acceptors (Lipinski definition) is 8. The third-order valence-corrected chi connectivity index (χ3v) is 8.78. The van der Waals surface area contributed by atoms with Crippen LogP contribution in [0.2, 0.25) is 0 Å². The summed E-state index contributed by atoms with van der Waals surface area (Å²) in [6.45, 7) is 6.88. The molecule has 39 heavy (non-hydrogen) atoms. The quantitative estimate of drug-likeness (QED) is 0.287. The Morgan fingerprint density at radius 2 is 1.64 bits per heavy atom. The van der Waals surface area contributed by atoms with E-state index in [9.17, 15) is 9.59 Å². The van der Waals surface area contributed by atoms with Crippen molar-refractivity contribution in [2.75, 3.05) is 26.6 Å². The first-order valence-corrected chi connectivity index (χ1v) is 13.8. The number of nitrogens with one attached hydrogen (secondary N) is 2. The average molecular weight is 551 g/mol. The van der Waals surface area contributed by atoms with E-state index in [1.165, 1.54) is 31.8 Å². The average Bonchev–Trinajstić information content (AvgIpc) is 3.30. The van der Waals surface area contributed by atoms with Gasteiger partial charge in [-0.25, -0.2) is 4.79 Å². The molecule has 1 aliphatic heterocycles. The number of esters is 1. The predicted octanol–water partition coefficient (Wildman–Crippen LogP) is 6.00. The lowest BCUT2D eigenvalue weighted by Crippen LogP contribution is -2.38. The van der Waals surface area contributed by atoms with Gasteiger partial charge in [0.05, 0.1) is 32.5 Å². The Kier molecular flexibility index (Phi) is 7.20. The monoisotopic (exact) mass is 550 g/mol. The number of amides is 1. The molecule has 3 aromatic rings. The molecule has 0 unspecified atom stereocenters. The van der Waals surface area contributed by atoms with Gasteiger partial charge in [0.2, 0.25) is 5.75 Å². The summed E-state index contributed by atoms with van der Waals surface area (Å²) in [6, 6.07) is 10.2. The summed E-state index contributed by atoms with van der Waals surface area (Å²) >= 11 is 1.71. The van der Waals surface area contributed by atoms with Crippen molar-refractivity contribution < 1.29 is 28.5 Å². The number of fused-ring (bicyclic) bond motifs is 3. The second-order valence-corrected chi connectivity index (χ2v) is 12.0. The van der Waals surface area contributed by atoms with Crippen LogP contribution in [0.15, 0.2) is 36.4 Å². The van der Waals surface area contributed by atoms with E-state index in [0.29, 0.717) is 28.9 Å². The van der Waals surface area contributed by atoms with Crippen molar-refractivity contribution in [1.29, 1.82) is 0 Å². The molecule has 0 saturated heterocycles. The van der Waals surface area contributed by atoms with Gasteiger partial charge in [-0.15, -0.1) is 11.3 Å². The molecule has 0 spiro atoms. The van der Waals surface area contributed by atoms with Crippen molar-refractivity contribution in [2.24, 2.45) is 11.3 Å². The van der Waals surface area contributed by atoms with Crippen molar-refractivity contribution in [3.05, 3.63) is 63.5 Å². The normalized spacial score (nSPS) is 18.3. The fourth-order valence-corrected chi connectivity index (χ4v) is 6.65. The van der Waals surface area contributed by atoms with E-state index in [1.807, 2.05) is 12.1 Å². The van der Waals surface area contributed by atoms with Gasteiger partial charge in [-0.05, 0) is 66.0 Å². The number of thiophene rings is 1. The minimum atomic E-state index is -0.562. The summed E-state index contributed by atoms with van der Waals surface area (Å²) in [5, 5.41) is 7.55. The Labute approximate surface area is 232 Å². The van der Waals surface area contributed by atoms with Gasteiger partial charge in [0.15, 0.2) is 11.5 Å². The lowest BCUT2D eigenvalue weighted by Gasteiger charge is -2.34. The number of hydrogen-bond donors (Lipinski definition) is 2. The van der Waals surface area contributed by atoms with Gasteiger partial charge in [-0.2, -0.15) is 0 Å². The summed E-state index contributed by atoms with van der Waals surface area (Å²) in [5.74, 6) is 1.50. The van der Waals surface area contributed by atoms with Crippen molar-refractivity contribution >= 4 is 28.2 Å². The maximum Gasteiger partial charge on any atom is 0.343 e. The molecule has 2 aromatic carbocycles. The number of carbonyl (C=O) groups is 2. The highest BCUT2D eigenvalue weighted by Crippen LogP contribution is 2.46. The molecule has 1 aromatic heterocycles. The lowest BCUT2D eigenvalue weighted by atomic mass is 9.72. The topological polar surface area (TPSA) is 95.1 Å². The number of rotatable bonds is 6. The minimum Gasteiger partial charge on any atom is -0.493 e. The molecular formula is C30H34N2O6S. The van der Waals surface area contributed by atoms with Gasteiger partial charge in [-0.1, -0.05) is 32.9 Å². The van der Waals surface area contributed by atoms with Gasteiger partial charge in [-0.3, -0.25) is 4.79 Å². The van der Waals surface area contributed by atoms with Crippen LogP contribution in [-0.4, -0.2) is 33.2 Å². The Balaban J connectivity index is 1.30. The molecule has 0 bridgehead atoms. The van der Waals surface area contributed by atoms with Crippen LogP contribution in [0, 0.1) is 11.3 Å². The SMILES string of the molecule is COc1cc(C(=O)Oc2ccc([C@@H]3NC(=O)c4c(sc5c4CC[C@H](C(C)(C)C)C5)N3)cc2)cc(OC)c1OC. The molecule has 1 aliphatic carbocycles. The third kappa shape index (κ3) is 5.15. The Morgan fingerprint density at radius 1 is 0.974 bits per heavy atom. The maximum atomic E-state index is 13.2. The molecule has 5 rings (SSSR count). The van der Waals surface area contributed by atoms with Gasteiger partial charge >= 0.3 is 5.97 Å². The zero-order valence-electron chi connectivity index (χ0n) is 23.1. The van der Waals surface area contributed by atoms with Crippen LogP contribution in [0.25, 0.3) is 0 Å². The van der Waals surface area contributed by atoms with E-state index >= 15 is 0 Å². The summed E-state index contributed by atoms with van der Waals surface area (Å²) in [7, 11) is 4.47. The molecule has 9 heteroatoms. The number of anilines is 1. The van der Waals surface area contributed by atoms with E-state index in [1.54, 1.807) is 35.6 Å². The molecule has 0 fully saturated rings. The Hall–Kier alpha value is -3.72. The fourth-order valence-electron chi connectivity index (χ4n) is 5.30. The summed E-state index contributed by atoms with van der Waals surface area (Å²) in [6.07, 6.45) is 2.69. The molecule has 1 amide bonds. The van der Waals surface area contributed by atoms with E-state index < -0.39 is 5.97 Å². The molecule has 2 heterocycles. The highest BCUT2D eigenvalue weighted by molar-refractivity contribution is 7.16. The molecule has 0 saturated carbocycles. The zero-order chi connectivity index (χ0) is 27.9. The predicted molar refractivity (Wildman–Crippen MR) is 151 cm³/mol. The van der Waals surface area contributed by atoms with Crippen molar-refractivity contribution in [3.63, 3.8) is 0 Å². The van der Waals surface area contributed by atoms with Gasteiger partial charge in [0.1, 0.15) is 16.9 Å². The molecule has 8 nitrogen and oxygen atoms in total. The second kappa shape index (κ2) is 10.4. The highest BCUT2D eigenvalue weighted by atomic mass is 32.1. The Bertz CT molecular complexity index is 1380. The standard InChI is InChI=1S/C30H34N2O6S/c1-30(2,3)18-9-12-20-23(15-18)39-28-24(20)27(33)31-26(32-28)16-7-10-19(11-8-16)38-29(34)17-13-21(35-4)25(37-6)22(14-17)36-5/h7-8,10-11,13-14,18,26,32H,9,12,15H2,1-6H3,(H,31,33)/t18-,26+/m0/s1. The van der Waals surface area contributed by atoms with Crippen LogP contribution >= 0.6 is 11.3 Å².